The Morgan fingerprint density at radius 3 is 2.65 bits per heavy atom. The molecule has 182 valence electrons. The van der Waals surface area contributed by atoms with Crippen molar-refractivity contribution in [3.8, 4) is 0 Å². The van der Waals surface area contributed by atoms with Crippen molar-refractivity contribution in [2.45, 2.75) is 90.1 Å². The molecule has 0 unspecified atom stereocenters. The molecule has 1 aromatic carbocycles. The molecule has 0 aromatic heterocycles. The van der Waals surface area contributed by atoms with Crippen LogP contribution in [0.3, 0.4) is 0 Å². The average molecular weight is 462 g/mol. The number of allylic oxidation sites excluding steroid dienone is 3. The van der Waals surface area contributed by atoms with Gasteiger partial charge in [-0.1, -0.05) is 57.4 Å². The highest BCUT2D eigenvalue weighted by atomic mass is 16.2. The lowest BCUT2D eigenvalue weighted by Gasteiger charge is -2.42. The highest BCUT2D eigenvalue weighted by Crippen LogP contribution is 2.46. The topological polar surface area (TPSA) is 61.4 Å². The molecular formula is C29H39N3O2. The predicted molar refractivity (Wildman–Crippen MR) is 138 cm³/mol. The van der Waals surface area contributed by atoms with Crippen LogP contribution in [0.4, 0.5) is 11.4 Å². The maximum atomic E-state index is 13.7. The lowest BCUT2D eigenvalue weighted by Crippen LogP contribution is -2.51. The second kappa shape index (κ2) is 9.59. The number of para-hydroxylation sites is 2. The largest absolute Gasteiger partial charge is 0.357 e. The molecule has 5 nitrogen and oxygen atoms in total. The summed E-state index contributed by atoms with van der Waals surface area (Å²) >= 11 is 0. The Balaban J connectivity index is 1.55. The van der Waals surface area contributed by atoms with E-state index in [-0.39, 0.29) is 35.7 Å². The van der Waals surface area contributed by atoms with Crippen LogP contribution in [-0.2, 0) is 9.59 Å². The Labute approximate surface area is 204 Å². The standard InChI is InChI=1S/C29H39N3O2/c1-29(2)17-23-27(25(33)18-29)28(20-11-5-3-6-12-20)32(24-16-10-9-15-22(24)31-23)19-26(34)30-21-13-7-4-8-14-21/h3,5,9-10,15-16,20-21,28,31H,4,6-8,11-14,17-19H2,1-2H3,(H,30,34)/t20-,28-/m1/s1. The number of ketones is 1. The van der Waals surface area contributed by atoms with Gasteiger partial charge >= 0.3 is 0 Å². The molecular weight excluding hydrogens is 422 g/mol. The van der Waals surface area contributed by atoms with Crippen LogP contribution in [-0.4, -0.2) is 30.3 Å². The molecule has 1 aromatic rings. The van der Waals surface area contributed by atoms with Crippen LogP contribution in [0, 0.1) is 11.3 Å². The molecule has 34 heavy (non-hydrogen) atoms. The van der Waals surface area contributed by atoms with Gasteiger partial charge in [0.2, 0.25) is 5.91 Å². The number of Topliss-reactive ketones (excluding diaryl/α,β-unsaturated/α-hetero) is 1. The zero-order valence-corrected chi connectivity index (χ0v) is 20.7. The number of fused-ring (bicyclic) bond motifs is 1. The van der Waals surface area contributed by atoms with Gasteiger partial charge in [-0.05, 0) is 62.0 Å². The Morgan fingerprint density at radius 1 is 1.09 bits per heavy atom. The van der Waals surface area contributed by atoms with Crippen LogP contribution >= 0.6 is 0 Å². The molecule has 0 radical (unpaired) electrons. The molecule has 0 bridgehead atoms. The number of hydrogen-bond acceptors (Lipinski definition) is 4. The van der Waals surface area contributed by atoms with Crippen LogP contribution in [0.2, 0.25) is 0 Å². The molecule has 1 heterocycles. The minimum Gasteiger partial charge on any atom is -0.357 e. The van der Waals surface area contributed by atoms with Gasteiger partial charge in [-0.2, -0.15) is 0 Å². The van der Waals surface area contributed by atoms with Crippen LogP contribution < -0.4 is 15.5 Å². The summed E-state index contributed by atoms with van der Waals surface area (Å²) in [5.74, 6) is 0.630. The van der Waals surface area contributed by atoms with E-state index in [1.807, 2.05) is 12.1 Å². The van der Waals surface area contributed by atoms with E-state index in [9.17, 15) is 9.59 Å². The third-order valence-corrected chi connectivity index (χ3v) is 8.09. The lowest BCUT2D eigenvalue weighted by atomic mass is 9.71. The van der Waals surface area contributed by atoms with Crippen molar-refractivity contribution in [2.24, 2.45) is 11.3 Å². The fraction of sp³-hybridized carbons (Fsp3) is 0.586. The first-order chi connectivity index (χ1) is 16.4. The number of carbonyl (C=O) groups is 2. The van der Waals surface area contributed by atoms with E-state index in [0.29, 0.717) is 12.3 Å². The second-order valence-electron chi connectivity index (χ2n) is 11.5. The molecule has 5 rings (SSSR count). The zero-order chi connectivity index (χ0) is 23.7. The Bertz CT molecular complexity index is 1000. The molecule has 2 N–H and O–H groups in total. The van der Waals surface area contributed by atoms with E-state index >= 15 is 0 Å². The number of nitrogens with one attached hydrogen (secondary N) is 2. The van der Waals surface area contributed by atoms with Crippen LogP contribution in [0.15, 0.2) is 47.7 Å². The predicted octanol–water partition coefficient (Wildman–Crippen LogP) is 5.74. The minimum absolute atomic E-state index is 0.0671. The molecule has 5 heteroatoms. The SMILES string of the molecule is CC1(C)CC(=O)C2=C(C1)Nc1ccccc1N(CC(=O)NC1CCCCC1)[C@@H]2[C@@H]1CC=CCC1. The van der Waals surface area contributed by atoms with Crippen molar-refractivity contribution >= 4 is 23.1 Å². The van der Waals surface area contributed by atoms with Crippen LogP contribution in [0.5, 0.6) is 0 Å². The summed E-state index contributed by atoms with van der Waals surface area (Å²) in [5.41, 5.74) is 3.94. The van der Waals surface area contributed by atoms with Crippen molar-refractivity contribution in [3.05, 3.63) is 47.7 Å². The summed E-state index contributed by atoms with van der Waals surface area (Å²) in [7, 11) is 0. The van der Waals surface area contributed by atoms with Crippen molar-refractivity contribution < 1.29 is 9.59 Å². The number of hydrogen-bond donors (Lipinski definition) is 2. The molecule has 0 saturated heterocycles. The van der Waals surface area contributed by atoms with Gasteiger partial charge in [0, 0.05) is 23.7 Å². The summed E-state index contributed by atoms with van der Waals surface area (Å²) in [5, 5.41) is 6.99. The molecule has 3 aliphatic carbocycles. The number of nitrogens with zero attached hydrogens (tertiary/aromatic N) is 1. The van der Waals surface area contributed by atoms with Crippen LogP contribution in [0.25, 0.3) is 0 Å². The van der Waals surface area contributed by atoms with Gasteiger partial charge in [0.05, 0.1) is 24.0 Å². The first-order valence-electron chi connectivity index (χ1n) is 13.2. The van der Waals surface area contributed by atoms with Gasteiger partial charge in [0.25, 0.3) is 0 Å². The maximum absolute atomic E-state index is 13.7. The zero-order valence-electron chi connectivity index (χ0n) is 20.7. The molecule has 1 saturated carbocycles. The highest BCUT2D eigenvalue weighted by molar-refractivity contribution is 6.01. The summed E-state index contributed by atoms with van der Waals surface area (Å²) < 4.78 is 0. The number of rotatable bonds is 4. The first kappa shape index (κ1) is 23.2. The van der Waals surface area contributed by atoms with E-state index < -0.39 is 0 Å². The highest BCUT2D eigenvalue weighted by Gasteiger charge is 2.44. The van der Waals surface area contributed by atoms with Gasteiger partial charge in [0.1, 0.15) is 0 Å². The number of benzene rings is 1. The van der Waals surface area contributed by atoms with Crippen molar-refractivity contribution in [1.29, 1.82) is 0 Å². The number of carbonyl (C=O) groups excluding carboxylic acids is 2. The second-order valence-corrected chi connectivity index (χ2v) is 11.5. The molecule has 4 aliphatic rings. The molecule has 1 amide bonds. The molecule has 0 spiro atoms. The monoisotopic (exact) mass is 461 g/mol. The summed E-state index contributed by atoms with van der Waals surface area (Å²) in [6.45, 7) is 4.65. The van der Waals surface area contributed by atoms with E-state index in [2.05, 4.69) is 53.7 Å². The van der Waals surface area contributed by atoms with E-state index in [0.717, 1.165) is 61.2 Å². The third kappa shape index (κ3) is 4.80. The average Bonchev–Trinajstić information content (AvgIpc) is 2.94. The summed E-state index contributed by atoms with van der Waals surface area (Å²) in [6, 6.07) is 8.46. The quantitative estimate of drug-likeness (QED) is 0.562. The van der Waals surface area contributed by atoms with Crippen molar-refractivity contribution in [3.63, 3.8) is 0 Å². The van der Waals surface area contributed by atoms with E-state index in [4.69, 9.17) is 0 Å². The summed E-state index contributed by atoms with van der Waals surface area (Å²) in [4.78, 5) is 29.3. The van der Waals surface area contributed by atoms with Gasteiger partial charge in [0.15, 0.2) is 5.78 Å². The maximum Gasteiger partial charge on any atom is 0.239 e. The number of anilines is 2. The van der Waals surface area contributed by atoms with E-state index in [1.165, 1.54) is 19.3 Å². The Morgan fingerprint density at radius 2 is 1.88 bits per heavy atom. The fourth-order valence-electron chi connectivity index (χ4n) is 6.54. The molecule has 1 fully saturated rings. The summed E-state index contributed by atoms with van der Waals surface area (Å²) in [6.07, 6.45) is 14.7. The Kier molecular flexibility index (Phi) is 6.54. The fourth-order valence-corrected chi connectivity index (χ4v) is 6.54. The van der Waals surface area contributed by atoms with Gasteiger partial charge in [-0.3, -0.25) is 9.59 Å². The van der Waals surface area contributed by atoms with Gasteiger partial charge < -0.3 is 15.5 Å². The Hall–Kier alpha value is -2.56. The molecule has 1 aliphatic heterocycles. The normalized spacial score (nSPS) is 26.9. The van der Waals surface area contributed by atoms with Gasteiger partial charge in [-0.15, -0.1) is 0 Å². The lowest BCUT2D eigenvalue weighted by molar-refractivity contribution is -0.121. The van der Waals surface area contributed by atoms with Crippen molar-refractivity contribution in [1.82, 2.24) is 5.32 Å². The number of amides is 1. The minimum atomic E-state index is -0.0863. The van der Waals surface area contributed by atoms with E-state index in [1.54, 1.807) is 0 Å². The third-order valence-electron chi connectivity index (χ3n) is 8.09. The first-order valence-corrected chi connectivity index (χ1v) is 13.2. The molecule has 2 atom stereocenters. The smallest absolute Gasteiger partial charge is 0.239 e. The van der Waals surface area contributed by atoms with Crippen molar-refractivity contribution in [2.75, 3.05) is 16.8 Å². The van der Waals surface area contributed by atoms with Crippen LogP contribution in [0.1, 0.15) is 78.1 Å². The van der Waals surface area contributed by atoms with Gasteiger partial charge in [-0.25, -0.2) is 0 Å².